The van der Waals surface area contributed by atoms with Crippen LogP contribution >= 0.6 is 0 Å². The highest BCUT2D eigenvalue weighted by atomic mass is 19.1. The van der Waals surface area contributed by atoms with Gasteiger partial charge in [-0.2, -0.15) is 0 Å². The molecule has 0 spiro atoms. The van der Waals surface area contributed by atoms with Crippen LogP contribution in [-0.4, -0.2) is 4.98 Å². The van der Waals surface area contributed by atoms with E-state index in [0.29, 0.717) is 5.56 Å². The molecule has 0 unspecified atom stereocenters. The fourth-order valence-corrected chi connectivity index (χ4v) is 1.40. The first-order chi connectivity index (χ1) is 7.29. The monoisotopic (exact) mass is 201 g/mol. The number of benzene rings is 1. The number of hydrogen-bond donors (Lipinski definition) is 0. The molecule has 0 saturated carbocycles. The second-order valence-corrected chi connectivity index (χ2v) is 3.55. The lowest BCUT2D eigenvalue weighted by Crippen LogP contribution is -1.85. The highest BCUT2D eigenvalue weighted by molar-refractivity contribution is 5.59. The Kier molecular flexibility index (Phi) is 2.77. The number of halogens is 1. The van der Waals surface area contributed by atoms with Crippen LogP contribution in [0, 0.1) is 6.92 Å². The number of pyridine rings is 1. The molecule has 0 aliphatic carbocycles. The Labute approximate surface area is 88.6 Å². The van der Waals surface area contributed by atoms with Crippen molar-refractivity contribution in [2.45, 2.75) is 13.6 Å². The van der Waals surface area contributed by atoms with Crippen LogP contribution < -0.4 is 0 Å². The summed E-state index contributed by atoms with van der Waals surface area (Å²) >= 11 is 0. The maximum Gasteiger partial charge on any atom is 0.115 e. The van der Waals surface area contributed by atoms with E-state index in [1.807, 2.05) is 37.4 Å². The van der Waals surface area contributed by atoms with Crippen LogP contribution in [0.2, 0.25) is 0 Å². The van der Waals surface area contributed by atoms with E-state index in [1.54, 1.807) is 12.1 Å². The van der Waals surface area contributed by atoms with Crippen molar-refractivity contribution in [2.24, 2.45) is 0 Å². The molecule has 0 saturated heterocycles. The van der Waals surface area contributed by atoms with Gasteiger partial charge in [0.15, 0.2) is 0 Å². The molecule has 0 atom stereocenters. The van der Waals surface area contributed by atoms with Crippen LogP contribution in [0.1, 0.15) is 11.1 Å². The van der Waals surface area contributed by atoms with Gasteiger partial charge in [0.05, 0.1) is 5.69 Å². The molecule has 1 nitrogen and oxygen atoms in total. The third kappa shape index (κ3) is 2.21. The van der Waals surface area contributed by atoms with Crippen molar-refractivity contribution < 1.29 is 4.39 Å². The minimum atomic E-state index is -0.415. The lowest BCUT2D eigenvalue weighted by atomic mass is 10.1. The van der Waals surface area contributed by atoms with Crippen molar-refractivity contribution >= 4 is 0 Å². The zero-order valence-corrected chi connectivity index (χ0v) is 8.57. The Morgan fingerprint density at radius 3 is 2.33 bits per heavy atom. The highest BCUT2D eigenvalue weighted by Gasteiger charge is 1.98. The van der Waals surface area contributed by atoms with Crippen molar-refractivity contribution in [3.8, 4) is 11.3 Å². The zero-order valence-electron chi connectivity index (χ0n) is 8.57. The van der Waals surface area contributed by atoms with Gasteiger partial charge in [-0.1, -0.05) is 30.3 Å². The van der Waals surface area contributed by atoms with Crippen LogP contribution in [0.3, 0.4) is 0 Å². The normalized spacial score (nSPS) is 10.3. The van der Waals surface area contributed by atoms with E-state index in [4.69, 9.17) is 0 Å². The van der Waals surface area contributed by atoms with Gasteiger partial charge >= 0.3 is 0 Å². The van der Waals surface area contributed by atoms with E-state index < -0.39 is 6.67 Å². The molecule has 1 heterocycles. The lowest BCUT2D eigenvalue weighted by molar-refractivity contribution is 0.485. The van der Waals surface area contributed by atoms with Crippen LogP contribution in [0.4, 0.5) is 4.39 Å². The van der Waals surface area contributed by atoms with E-state index in [-0.39, 0.29) is 0 Å². The Morgan fingerprint density at radius 2 is 1.80 bits per heavy atom. The van der Waals surface area contributed by atoms with E-state index in [0.717, 1.165) is 16.8 Å². The van der Waals surface area contributed by atoms with E-state index in [9.17, 15) is 4.39 Å². The molecule has 76 valence electrons. The molecule has 0 aliphatic rings. The molecule has 15 heavy (non-hydrogen) atoms. The lowest BCUT2D eigenvalue weighted by Gasteiger charge is -2.01. The van der Waals surface area contributed by atoms with Gasteiger partial charge in [0, 0.05) is 11.8 Å². The van der Waals surface area contributed by atoms with Gasteiger partial charge in [-0.3, -0.25) is 4.98 Å². The number of aryl methyl sites for hydroxylation is 1. The van der Waals surface area contributed by atoms with Gasteiger partial charge in [-0.25, -0.2) is 4.39 Å². The third-order valence-corrected chi connectivity index (χ3v) is 2.32. The Balaban J connectivity index is 2.33. The second kappa shape index (κ2) is 4.22. The Hall–Kier alpha value is -1.70. The number of hydrogen-bond acceptors (Lipinski definition) is 1. The molecule has 1 aromatic heterocycles. The highest BCUT2D eigenvalue weighted by Crippen LogP contribution is 2.17. The summed E-state index contributed by atoms with van der Waals surface area (Å²) < 4.78 is 12.3. The Morgan fingerprint density at radius 1 is 1.07 bits per heavy atom. The molecule has 0 amide bonds. The summed E-state index contributed by atoms with van der Waals surface area (Å²) in [6.45, 7) is 1.59. The number of alkyl halides is 1. The van der Waals surface area contributed by atoms with Gasteiger partial charge in [0.25, 0.3) is 0 Å². The number of aromatic nitrogens is 1. The van der Waals surface area contributed by atoms with E-state index >= 15 is 0 Å². The smallest absolute Gasteiger partial charge is 0.115 e. The SMILES string of the molecule is Cc1ccc(-c2ccc(CF)cc2)nc1. The molecule has 0 bridgehead atoms. The van der Waals surface area contributed by atoms with Crippen LogP contribution in [0.5, 0.6) is 0 Å². The topological polar surface area (TPSA) is 12.9 Å². The largest absolute Gasteiger partial charge is 0.256 e. The molecular formula is C13H12FN. The summed E-state index contributed by atoms with van der Waals surface area (Å²) in [5.74, 6) is 0. The van der Waals surface area contributed by atoms with E-state index in [2.05, 4.69) is 4.98 Å². The molecule has 2 rings (SSSR count). The summed E-state index contributed by atoms with van der Waals surface area (Å²) in [5.41, 5.74) is 3.78. The molecule has 0 radical (unpaired) electrons. The Bertz CT molecular complexity index is 431. The molecule has 2 aromatic rings. The fourth-order valence-electron chi connectivity index (χ4n) is 1.40. The average Bonchev–Trinajstić information content (AvgIpc) is 2.30. The average molecular weight is 201 g/mol. The zero-order chi connectivity index (χ0) is 10.7. The molecule has 2 heteroatoms. The summed E-state index contributed by atoms with van der Waals surface area (Å²) in [4.78, 5) is 4.31. The maximum atomic E-state index is 12.3. The van der Waals surface area contributed by atoms with Gasteiger partial charge in [-0.05, 0) is 24.1 Å². The van der Waals surface area contributed by atoms with Crippen molar-refractivity contribution in [1.82, 2.24) is 4.98 Å². The first-order valence-electron chi connectivity index (χ1n) is 4.87. The first-order valence-corrected chi connectivity index (χ1v) is 4.87. The third-order valence-electron chi connectivity index (χ3n) is 2.32. The van der Waals surface area contributed by atoms with Gasteiger partial charge < -0.3 is 0 Å². The summed E-state index contributed by atoms with van der Waals surface area (Å²) in [5, 5.41) is 0. The predicted octanol–water partition coefficient (Wildman–Crippen LogP) is 3.53. The van der Waals surface area contributed by atoms with Gasteiger partial charge in [0.2, 0.25) is 0 Å². The number of nitrogens with zero attached hydrogens (tertiary/aromatic N) is 1. The second-order valence-electron chi connectivity index (χ2n) is 3.55. The fraction of sp³-hybridized carbons (Fsp3) is 0.154. The van der Waals surface area contributed by atoms with E-state index in [1.165, 1.54) is 0 Å². The van der Waals surface area contributed by atoms with Crippen molar-refractivity contribution in [3.05, 3.63) is 53.7 Å². The molecular weight excluding hydrogens is 189 g/mol. The maximum absolute atomic E-state index is 12.3. The van der Waals surface area contributed by atoms with Crippen LogP contribution in [0.15, 0.2) is 42.6 Å². The molecule has 0 N–H and O–H groups in total. The van der Waals surface area contributed by atoms with Crippen LogP contribution in [-0.2, 0) is 6.67 Å². The van der Waals surface area contributed by atoms with Crippen molar-refractivity contribution in [1.29, 1.82) is 0 Å². The molecule has 1 aromatic carbocycles. The molecule has 0 aliphatic heterocycles. The molecule has 0 fully saturated rings. The minimum Gasteiger partial charge on any atom is -0.256 e. The predicted molar refractivity (Wildman–Crippen MR) is 59.2 cm³/mol. The van der Waals surface area contributed by atoms with Crippen LogP contribution in [0.25, 0.3) is 11.3 Å². The van der Waals surface area contributed by atoms with Crippen molar-refractivity contribution in [3.63, 3.8) is 0 Å². The summed E-state index contributed by atoms with van der Waals surface area (Å²) in [6.07, 6.45) is 1.83. The summed E-state index contributed by atoms with van der Waals surface area (Å²) in [7, 11) is 0. The quantitative estimate of drug-likeness (QED) is 0.724. The van der Waals surface area contributed by atoms with Gasteiger partial charge in [-0.15, -0.1) is 0 Å². The van der Waals surface area contributed by atoms with Crippen molar-refractivity contribution in [2.75, 3.05) is 0 Å². The summed E-state index contributed by atoms with van der Waals surface area (Å²) in [6, 6.07) is 11.4. The minimum absolute atomic E-state index is 0.415. The standard InChI is InChI=1S/C13H12FN/c1-10-2-7-13(15-9-10)12-5-3-11(8-14)4-6-12/h2-7,9H,8H2,1H3. The first kappa shape index (κ1) is 9.84. The van der Waals surface area contributed by atoms with Gasteiger partial charge in [0.1, 0.15) is 6.67 Å². The number of rotatable bonds is 2.